The van der Waals surface area contributed by atoms with Crippen LogP contribution in [0.3, 0.4) is 0 Å². The van der Waals surface area contributed by atoms with Crippen LogP contribution in [0.5, 0.6) is 5.88 Å². The van der Waals surface area contributed by atoms with E-state index in [1.807, 2.05) is 19.1 Å². The molecule has 0 radical (unpaired) electrons. The Morgan fingerprint density at radius 3 is 2.82 bits per heavy atom. The minimum atomic E-state index is -0.245. The van der Waals surface area contributed by atoms with Crippen LogP contribution in [-0.2, 0) is 4.74 Å². The van der Waals surface area contributed by atoms with E-state index in [1.165, 1.54) is 0 Å². The van der Waals surface area contributed by atoms with Crippen LogP contribution in [0.4, 0.5) is 0 Å². The summed E-state index contributed by atoms with van der Waals surface area (Å²) in [6.45, 7) is 1.81. The van der Waals surface area contributed by atoms with Crippen molar-refractivity contribution >= 4 is 0 Å². The summed E-state index contributed by atoms with van der Waals surface area (Å²) in [5, 5.41) is 0. The van der Waals surface area contributed by atoms with Crippen molar-refractivity contribution in [3.8, 4) is 5.88 Å². The highest BCUT2D eigenvalue weighted by Gasteiger charge is 1.99. The lowest BCUT2D eigenvalue weighted by molar-refractivity contribution is -0.0409. The molecular weight excluding hydrogens is 142 g/mol. The molecule has 1 rings (SSSR count). The first-order chi connectivity index (χ1) is 5.33. The van der Waals surface area contributed by atoms with E-state index in [1.54, 1.807) is 19.4 Å². The molecule has 0 saturated heterocycles. The second-order valence-electron chi connectivity index (χ2n) is 2.09. The third-order valence-electron chi connectivity index (χ3n) is 1.26. The fourth-order valence-corrected chi connectivity index (χ4v) is 0.635. The standard InChI is InChI=1S/C8H11NO2/c1-7(10-2)11-8-5-3-4-6-9-8/h3-7H,1-2H3. The van der Waals surface area contributed by atoms with Crippen LogP contribution in [0.25, 0.3) is 0 Å². The van der Waals surface area contributed by atoms with Crippen molar-refractivity contribution < 1.29 is 9.47 Å². The molecule has 0 aliphatic heterocycles. The van der Waals surface area contributed by atoms with Crippen LogP contribution in [0.15, 0.2) is 24.4 Å². The number of hydrogen-bond donors (Lipinski definition) is 0. The van der Waals surface area contributed by atoms with E-state index < -0.39 is 0 Å². The smallest absolute Gasteiger partial charge is 0.215 e. The van der Waals surface area contributed by atoms with Gasteiger partial charge in [-0.25, -0.2) is 4.98 Å². The van der Waals surface area contributed by atoms with Crippen LogP contribution in [0, 0.1) is 0 Å². The van der Waals surface area contributed by atoms with Gasteiger partial charge in [-0.2, -0.15) is 0 Å². The maximum atomic E-state index is 5.23. The van der Waals surface area contributed by atoms with E-state index in [4.69, 9.17) is 9.47 Å². The van der Waals surface area contributed by atoms with Crippen molar-refractivity contribution in [2.45, 2.75) is 13.2 Å². The van der Waals surface area contributed by atoms with Crippen molar-refractivity contribution in [3.05, 3.63) is 24.4 Å². The van der Waals surface area contributed by atoms with Crippen LogP contribution >= 0.6 is 0 Å². The average molecular weight is 153 g/mol. The zero-order valence-corrected chi connectivity index (χ0v) is 6.65. The molecule has 3 heteroatoms. The van der Waals surface area contributed by atoms with E-state index in [-0.39, 0.29) is 6.29 Å². The molecule has 0 aliphatic carbocycles. The van der Waals surface area contributed by atoms with E-state index in [2.05, 4.69) is 4.98 Å². The molecule has 1 unspecified atom stereocenters. The zero-order chi connectivity index (χ0) is 8.10. The average Bonchev–Trinajstić information content (AvgIpc) is 2.06. The second-order valence-corrected chi connectivity index (χ2v) is 2.09. The predicted octanol–water partition coefficient (Wildman–Crippen LogP) is 1.45. The highest BCUT2D eigenvalue weighted by atomic mass is 16.7. The fourth-order valence-electron chi connectivity index (χ4n) is 0.635. The Kier molecular flexibility index (Phi) is 2.86. The van der Waals surface area contributed by atoms with Gasteiger partial charge >= 0.3 is 0 Å². The Morgan fingerprint density at radius 1 is 1.45 bits per heavy atom. The van der Waals surface area contributed by atoms with E-state index in [9.17, 15) is 0 Å². The molecule has 0 saturated carbocycles. The van der Waals surface area contributed by atoms with Gasteiger partial charge in [-0.1, -0.05) is 6.07 Å². The van der Waals surface area contributed by atoms with E-state index in [0.717, 1.165) is 0 Å². The van der Waals surface area contributed by atoms with Gasteiger partial charge in [0.15, 0.2) is 6.29 Å². The third-order valence-corrected chi connectivity index (χ3v) is 1.26. The van der Waals surface area contributed by atoms with Crippen LogP contribution < -0.4 is 4.74 Å². The molecule has 11 heavy (non-hydrogen) atoms. The van der Waals surface area contributed by atoms with Gasteiger partial charge in [0.25, 0.3) is 0 Å². The minimum absolute atomic E-state index is 0.245. The van der Waals surface area contributed by atoms with Crippen molar-refractivity contribution in [1.82, 2.24) is 4.98 Å². The molecule has 0 bridgehead atoms. The highest BCUT2D eigenvalue weighted by Crippen LogP contribution is 2.05. The van der Waals surface area contributed by atoms with Crippen molar-refractivity contribution in [3.63, 3.8) is 0 Å². The van der Waals surface area contributed by atoms with Gasteiger partial charge in [-0.15, -0.1) is 0 Å². The Morgan fingerprint density at radius 2 is 2.27 bits per heavy atom. The molecule has 1 atom stereocenters. The SMILES string of the molecule is COC(C)Oc1ccccn1. The largest absolute Gasteiger partial charge is 0.448 e. The summed E-state index contributed by atoms with van der Waals surface area (Å²) in [6.07, 6.45) is 1.43. The monoisotopic (exact) mass is 153 g/mol. The molecular formula is C8H11NO2. The Bertz CT molecular complexity index is 201. The quantitative estimate of drug-likeness (QED) is 0.616. The van der Waals surface area contributed by atoms with Crippen LogP contribution in [0.2, 0.25) is 0 Å². The molecule has 0 spiro atoms. The Labute approximate surface area is 66.0 Å². The summed E-state index contributed by atoms with van der Waals surface area (Å²) in [5.74, 6) is 0.585. The lowest BCUT2D eigenvalue weighted by Gasteiger charge is -2.10. The van der Waals surface area contributed by atoms with E-state index >= 15 is 0 Å². The van der Waals surface area contributed by atoms with Gasteiger partial charge < -0.3 is 9.47 Å². The molecule has 0 amide bonds. The molecule has 1 aromatic heterocycles. The van der Waals surface area contributed by atoms with Crippen molar-refractivity contribution in [2.75, 3.05) is 7.11 Å². The number of methoxy groups -OCH3 is 1. The lowest BCUT2D eigenvalue weighted by atomic mass is 10.5. The number of rotatable bonds is 3. The molecule has 60 valence electrons. The summed E-state index contributed by atoms with van der Waals surface area (Å²) in [7, 11) is 1.59. The first kappa shape index (κ1) is 8.01. The van der Waals surface area contributed by atoms with E-state index in [0.29, 0.717) is 5.88 Å². The summed E-state index contributed by atoms with van der Waals surface area (Å²) in [5.41, 5.74) is 0. The van der Waals surface area contributed by atoms with Crippen LogP contribution in [-0.4, -0.2) is 18.4 Å². The molecule has 0 fully saturated rings. The van der Waals surface area contributed by atoms with Crippen molar-refractivity contribution in [1.29, 1.82) is 0 Å². The summed E-state index contributed by atoms with van der Waals surface area (Å²) < 4.78 is 10.1. The predicted molar refractivity (Wildman–Crippen MR) is 41.3 cm³/mol. The third kappa shape index (κ3) is 2.55. The second kappa shape index (κ2) is 3.93. The number of hydrogen-bond acceptors (Lipinski definition) is 3. The van der Waals surface area contributed by atoms with Gasteiger partial charge in [0.2, 0.25) is 5.88 Å². The zero-order valence-electron chi connectivity index (χ0n) is 6.65. The summed E-state index contributed by atoms with van der Waals surface area (Å²) in [6, 6.07) is 5.49. The maximum Gasteiger partial charge on any atom is 0.215 e. The lowest BCUT2D eigenvalue weighted by Crippen LogP contribution is -2.14. The van der Waals surface area contributed by atoms with Gasteiger partial charge in [-0.3, -0.25) is 0 Å². The molecule has 1 aromatic rings. The first-order valence-electron chi connectivity index (χ1n) is 3.43. The molecule has 0 N–H and O–H groups in total. The van der Waals surface area contributed by atoms with Crippen LogP contribution in [0.1, 0.15) is 6.92 Å². The van der Waals surface area contributed by atoms with Gasteiger partial charge in [-0.05, 0) is 13.0 Å². The normalized spacial score (nSPS) is 12.5. The molecule has 1 heterocycles. The highest BCUT2D eigenvalue weighted by molar-refractivity contribution is 5.09. The van der Waals surface area contributed by atoms with Gasteiger partial charge in [0.05, 0.1) is 0 Å². The van der Waals surface area contributed by atoms with Crippen molar-refractivity contribution in [2.24, 2.45) is 0 Å². The minimum Gasteiger partial charge on any atom is -0.448 e. The number of pyridine rings is 1. The number of aromatic nitrogens is 1. The molecule has 3 nitrogen and oxygen atoms in total. The summed E-state index contributed by atoms with van der Waals surface area (Å²) >= 11 is 0. The molecule has 0 aromatic carbocycles. The Balaban J connectivity index is 2.51. The number of ether oxygens (including phenoxy) is 2. The topological polar surface area (TPSA) is 31.4 Å². The van der Waals surface area contributed by atoms with Gasteiger partial charge in [0.1, 0.15) is 0 Å². The number of nitrogens with zero attached hydrogens (tertiary/aromatic N) is 1. The van der Waals surface area contributed by atoms with Gasteiger partial charge in [0, 0.05) is 19.4 Å². The summed E-state index contributed by atoms with van der Waals surface area (Å²) in [4.78, 5) is 3.96. The molecule has 0 aliphatic rings. The first-order valence-corrected chi connectivity index (χ1v) is 3.43. The maximum absolute atomic E-state index is 5.23. The Hall–Kier alpha value is -1.09. The fraction of sp³-hybridized carbons (Fsp3) is 0.375.